The molecule has 19 heavy (non-hydrogen) atoms. The van der Waals surface area contributed by atoms with Crippen LogP contribution in [0.25, 0.3) is 11.2 Å². The molecule has 1 saturated heterocycles. The maximum absolute atomic E-state index is 9.93. The fourth-order valence-electron chi connectivity index (χ4n) is 2.24. The normalized spacial score (nSPS) is 31.2. The lowest BCUT2D eigenvalue weighted by atomic mass is 10.1. The van der Waals surface area contributed by atoms with Crippen molar-refractivity contribution < 1.29 is 20.1 Å². The standard InChI is InChI=1S/C11H14N4O4/c1-4-6-10(13-3-12-6)15-11(14-4)9-8(18)7(17)5(2-16)19-9/h3,5,7-9,16-18H,2H2,1H3,(H,12,13,14,15)/t5-,7+,8+,9+/m0/s1. The van der Waals surface area contributed by atoms with E-state index in [4.69, 9.17) is 9.84 Å². The van der Waals surface area contributed by atoms with Gasteiger partial charge in [0.25, 0.3) is 0 Å². The monoisotopic (exact) mass is 266 g/mol. The van der Waals surface area contributed by atoms with E-state index in [1.54, 1.807) is 6.92 Å². The van der Waals surface area contributed by atoms with Gasteiger partial charge in [-0.3, -0.25) is 0 Å². The van der Waals surface area contributed by atoms with Gasteiger partial charge in [-0.1, -0.05) is 0 Å². The molecule has 0 saturated carbocycles. The molecule has 4 atom stereocenters. The molecule has 4 N–H and O–H groups in total. The Hall–Kier alpha value is -1.61. The van der Waals surface area contributed by atoms with E-state index in [1.807, 2.05) is 0 Å². The summed E-state index contributed by atoms with van der Waals surface area (Å²) in [7, 11) is 0. The number of aryl methyl sites for hydroxylation is 1. The van der Waals surface area contributed by atoms with Gasteiger partial charge in [-0.2, -0.15) is 0 Å². The number of H-pyrrole nitrogens is 1. The number of nitrogens with zero attached hydrogens (tertiary/aromatic N) is 3. The van der Waals surface area contributed by atoms with Crippen LogP contribution in [-0.4, -0.2) is 60.2 Å². The smallest absolute Gasteiger partial charge is 0.181 e. The number of rotatable bonds is 2. The van der Waals surface area contributed by atoms with E-state index in [0.717, 1.165) is 5.52 Å². The van der Waals surface area contributed by atoms with Crippen molar-refractivity contribution in [2.75, 3.05) is 6.61 Å². The van der Waals surface area contributed by atoms with Crippen molar-refractivity contribution in [2.24, 2.45) is 0 Å². The summed E-state index contributed by atoms with van der Waals surface area (Å²) in [6, 6.07) is 0. The molecule has 0 aliphatic carbocycles. The third kappa shape index (κ3) is 1.89. The highest BCUT2D eigenvalue weighted by atomic mass is 16.6. The maximum Gasteiger partial charge on any atom is 0.181 e. The van der Waals surface area contributed by atoms with E-state index in [2.05, 4.69) is 19.9 Å². The summed E-state index contributed by atoms with van der Waals surface area (Å²) in [5, 5.41) is 28.7. The molecular formula is C11H14N4O4. The summed E-state index contributed by atoms with van der Waals surface area (Å²) >= 11 is 0. The van der Waals surface area contributed by atoms with Gasteiger partial charge in [-0.15, -0.1) is 0 Å². The van der Waals surface area contributed by atoms with Crippen LogP contribution in [0, 0.1) is 6.92 Å². The fourth-order valence-corrected chi connectivity index (χ4v) is 2.24. The molecule has 0 radical (unpaired) electrons. The van der Waals surface area contributed by atoms with Crippen LogP contribution in [0.15, 0.2) is 6.33 Å². The van der Waals surface area contributed by atoms with Crippen molar-refractivity contribution in [2.45, 2.75) is 31.3 Å². The van der Waals surface area contributed by atoms with Crippen molar-refractivity contribution in [3.8, 4) is 0 Å². The predicted molar refractivity (Wildman–Crippen MR) is 63.1 cm³/mol. The van der Waals surface area contributed by atoms with Gasteiger partial charge in [0.15, 0.2) is 11.5 Å². The zero-order valence-corrected chi connectivity index (χ0v) is 10.2. The molecule has 8 nitrogen and oxygen atoms in total. The molecule has 8 heteroatoms. The number of aromatic nitrogens is 4. The van der Waals surface area contributed by atoms with Crippen LogP contribution in [0.3, 0.4) is 0 Å². The highest BCUT2D eigenvalue weighted by Gasteiger charge is 2.44. The molecule has 1 aliphatic rings. The molecule has 0 spiro atoms. The van der Waals surface area contributed by atoms with Crippen LogP contribution < -0.4 is 0 Å². The van der Waals surface area contributed by atoms with E-state index in [-0.39, 0.29) is 12.4 Å². The summed E-state index contributed by atoms with van der Waals surface area (Å²) in [6.45, 7) is 1.41. The van der Waals surface area contributed by atoms with Gasteiger partial charge in [0.2, 0.25) is 0 Å². The van der Waals surface area contributed by atoms with Gasteiger partial charge in [0.05, 0.1) is 18.6 Å². The molecule has 2 aromatic rings. The maximum atomic E-state index is 9.93. The lowest BCUT2D eigenvalue weighted by Crippen LogP contribution is -2.32. The molecule has 3 heterocycles. The molecule has 0 unspecified atom stereocenters. The minimum absolute atomic E-state index is 0.250. The number of imidazole rings is 1. The van der Waals surface area contributed by atoms with Crippen molar-refractivity contribution in [3.63, 3.8) is 0 Å². The Labute approximate surface area is 108 Å². The first-order valence-electron chi connectivity index (χ1n) is 5.92. The summed E-state index contributed by atoms with van der Waals surface area (Å²) in [5.41, 5.74) is 1.87. The average Bonchev–Trinajstić information content (AvgIpc) is 2.96. The molecule has 0 bridgehead atoms. The number of fused-ring (bicyclic) bond motifs is 1. The van der Waals surface area contributed by atoms with Crippen LogP contribution in [0.5, 0.6) is 0 Å². The fraction of sp³-hybridized carbons (Fsp3) is 0.545. The molecule has 2 aromatic heterocycles. The Morgan fingerprint density at radius 2 is 2.11 bits per heavy atom. The third-order valence-electron chi connectivity index (χ3n) is 3.28. The Morgan fingerprint density at radius 1 is 1.32 bits per heavy atom. The van der Waals surface area contributed by atoms with E-state index >= 15 is 0 Å². The minimum atomic E-state index is -1.17. The molecule has 102 valence electrons. The zero-order valence-electron chi connectivity index (χ0n) is 10.2. The second kappa shape index (κ2) is 4.49. The summed E-state index contributed by atoms with van der Waals surface area (Å²) < 4.78 is 5.39. The van der Waals surface area contributed by atoms with Crippen LogP contribution in [0.2, 0.25) is 0 Å². The molecule has 3 rings (SSSR count). The minimum Gasteiger partial charge on any atom is -0.394 e. The number of nitrogens with one attached hydrogen (secondary N) is 1. The molecule has 1 aliphatic heterocycles. The first-order valence-corrected chi connectivity index (χ1v) is 5.92. The molecule has 0 aromatic carbocycles. The lowest BCUT2D eigenvalue weighted by molar-refractivity contribution is -0.0252. The zero-order chi connectivity index (χ0) is 13.6. The Balaban J connectivity index is 2.00. The third-order valence-corrected chi connectivity index (χ3v) is 3.28. The number of ether oxygens (including phenoxy) is 1. The SMILES string of the molecule is Cc1nc([C@@H]2O[C@@H](CO)[C@@H](O)[C@H]2O)nc2nc[nH]c12. The first kappa shape index (κ1) is 12.4. The lowest BCUT2D eigenvalue weighted by Gasteiger charge is -2.13. The van der Waals surface area contributed by atoms with Crippen LogP contribution in [0.1, 0.15) is 17.6 Å². The van der Waals surface area contributed by atoms with Gasteiger partial charge < -0.3 is 25.0 Å². The molecule has 0 amide bonds. The number of hydrogen-bond acceptors (Lipinski definition) is 7. The number of aliphatic hydroxyl groups excluding tert-OH is 3. The van der Waals surface area contributed by atoms with Gasteiger partial charge >= 0.3 is 0 Å². The Kier molecular flexibility index (Phi) is 2.94. The van der Waals surface area contributed by atoms with Crippen LogP contribution in [0.4, 0.5) is 0 Å². The first-order chi connectivity index (χ1) is 9.11. The van der Waals surface area contributed by atoms with Crippen molar-refractivity contribution in [1.82, 2.24) is 19.9 Å². The van der Waals surface area contributed by atoms with Crippen molar-refractivity contribution >= 4 is 11.2 Å². The number of aromatic amines is 1. The second-order valence-corrected chi connectivity index (χ2v) is 4.53. The van der Waals surface area contributed by atoms with E-state index < -0.39 is 24.4 Å². The van der Waals surface area contributed by atoms with Gasteiger partial charge in [-0.05, 0) is 6.92 Å². The van der Waals surface area contributed by atoms with Crippen LogP contribution >= 0.6 is 0 Å². The van der Waals surface area contributed by atoms with Crippen molar-refractivity contribution in [3.05, 3.63) is 17.8 Å². The van der Waals surface area contributed by atoms with Gasteiger partial charge in [-0.25, -0.2) is 15.0 Å². The Morgan fingerprint density at radius 3 is 2.79 bits per heavy atom. The van der Waals surface area contributed by atoms with E-state index in [0.29, 0.717) is 11.3 Å². The quantitative estimate of drug-likeness (QED) is 0.539. The largest absolute Gasteiger partial charge is 0.394 e. The van der Waals surface area contributed by atoms with E-state index in [1.165, 1.54) is 6.33 Å². The summed E-state index contributed by atoms with van der Waals surface area (Å²) in [6.07, 6.45) is -2.53. The van der Waals surface area contributed by atoms with Gasteiger partial charge in [0.1, 0.15) is 29.9 Å². The van der Waals surface area contributed by atoms with Crippen molar-refractivity contribution in [1.29, 1.82) is 0 Å². The number of hydrogen-bond donors (Lipinski definition) is 4. The molecule has 1 fully saturated rings. The highest BCUT2D eigenvalue weighted by molar-refractivity contribution is 5.72. The topological polar surface area (TPSA) is 124 Å². The average molecular weight is 266 g/mol. The highest BCUT2D eigenvalue weighted by Crippen LogP contribution is 2.32. The van der Waals surface area contributed by atoms with Gasteiger partial charge in [0, 0.05) is 0 Å². The molecular weight excluding hydrogens is 252 g/mol. The predicted octanol–water partition coefficient (Wildman–Crippen LogP) is -1.18. The summed E-state index contributed by atoms with van der Waals surface area (Å²) in [4.78, 5) is 15.4. The van der Waals surface area contributed by atoms with E-state index in [9.17, 15) is 10.2 Å². The number of aliphatic hydroxyl groups is 3. The van der Waals surface area contributed by atoms with Crippen LogP contribution in [-0.2, 0) is 4.74 Å². The Bertz CT molecular complexity index is 601. The second-order valence-electron chi connectivity index (χ2n) is 4.53. The summed E-state index contributed by atoms with van der Waals surface area (Å²) in [5.74, 6) is 0.250.